The van der Waals surface area contributed by atoms with Crippen molar-refractivity contribution in [1.29, 1.82) is 5.26 Å². The van der Waals surface area contributed by atoms with Gasteiger partial charge in [-0.05, 0) is 43.2 Å². The summed E-state index contributed by atoms with van der Waals surface area (Å²) >= 11 is 0. The number of carbonyl (C=O) groups is 1. The van der Waals surface area contributed by atoms with Crippen LogP contribution in [0, 0.1) is 11.3 Å². The van der Waals surface area contributed by atoms with Crippen LogP contribution in [0.3, 0.4) is 0 Å². The molecule has 5 rings (SSSR count). The number of nitrogens with two attached hydrogens (primary N) is 1. The molecule has 5 atom stereocenters. The van der Waals surface area contributed by atoms with Gasteiger partial charge >= 0.3 is 13.7 Å². The smallest absolute Gasteiger partial charge is 0.459 e. The van der Waals surface area contributed by atoms with Crippen LogP contribution in [0.4, 0.5) is 5.82 Å². The van der Waals surface area contributed by atoms with Crippen LogP contribution in [0.15, 0.2) is 79.1 Å². The maximum atomic E-state index is 14.2. The first-order chi connectivity index (χ1) is 20.8. The Morgan fingerprint density at radius 3 is 2.65 bits per heavy atom. The van der Waals surface area contributed by atoms with Crippen molar-refractivity contribution in [2.24, 2.45) is 0 Å². The number of nitrogens with one attached hydrogen (secondary N) is 1. The number of carbonyl (C=O) groups excluding carboxylic acids is 1. The second kappa shape index (κ2) is 12.9. The number of hydrogen-bond acceptors (Lipinski definition) is 11. The van der Waals surface area contributed by atoms with Gasteiger partial charge in [0.1, 0.15) is 35.8 Å². The van der Waals surface area contributed by atoms with Gasteiger partial charge in [0.25, 0.3) is 0 Å². The summed E-state index contributed by atoms with van der Waals surface area (Å²) in [4.78, 5) is 16.9. The second-order valence-electron chi connectivity index (χ2n) is 9.82. The van der Waals surface area contributed by atoms with Crippen LogP contribution in [0.25, 0.3) is 5.52 Å². The molecule has 0 amide bonds. The maximum Gasteiger partial charge on any atom is 0.459 e. The summed E-state index contributed by atoms with van der Waals surface area (Å²) in [5.74, 6) is -0.209. The molecule has 0 saturated carbocycles. The van der Waals surface area contributed by atoms with E-state index in [2.05, 4.69) is 21.2 Å². The Kier molecular flexibility index (Phi) is 9.05. The molecule has 1 saturated heterocycles. The predicted molar refractivity (Wildman–Crippen MR) is 155 cm³/mol. The third-order valence-electron chi connectivity index (χ3n) is 6.90. The Hall–Kier alpha value is -4.31. The Labute approximate surface area is 247 Å². The van der Waals surface area contributed by atoms with Gasteiger partial charge < -0.3 is 24.8 Å². The number of para-hydroxylation sites is 1. The predicted octanol–water partition coefficient (Wildman–Crippen LogP) is 3.15. The fourth-order valence-electron chi connectivity index (χ4n) is 4.89. The van der Waals surface area contributed by atoms with Crippen LogP contribution in [0.5, 0.6) is 5.75 Å². The average molecular weight is 607 g/mol. The number of fused-ring (bicyclic) bond motifs is 1. The number of ether oxygens (including phenoxy) is 2. The van der Waals surface area contributed by atoms with E-state index in [-0.39, 0.29) is 43.3 Å². The molecule has 0 spiro atoms. The van der Waals surface area contributed by atoms with Crippen molar-refractivity contribution in [2.75, 3.05) is 18.9 Å². The molecule has 0 bridgehead atoms. The quantitative estimate of drug-likeness (QED) is 0.158. The van der Waals surface area contributed by atoms with E-state index in [1.165, 1.54) is 10.8 Å². The first kappa shape index (κ1) is 30.2. The highest BCUT2D eigenvalue weighted by molar-refractivity contribution is 7.52. The number of nitriles is 1. The number of esters is 1. The summed E-state index contributed by atoms with van der Waals surface area (Å²) in [6.45, 7) is 1.44. The topological polar surface area (TPSA) is 183 Å². The zero-order valence-electron chi connectivity index (χ0n) is 23.3. The molecule has 1 fully saturated rings. The van der Waals surface area contributed by atoms with Crippen molar-refractivity contribution >= 4 is 25.1 Å². The number of nitrogen functional groups attached to an aromatic ring is 1. The van der Waals surface area contributed by atoms with Crippen LogP contribution < -0.4 is 15.3 Å². The maximum absolute atomic E-state index is 14.2. The normalized spacial score (nSPS) is 22.0. The molecule has 4 N–H and O–H groups in total. The molecular weight excluding hydrogens is 575 g/mol. The molecule has 43 heavy (non-hydrogen) atoms. The monoisotopic (exact) mass is 606 g/mol. The molecular formula is C29H31N6O7P. The number of aliphatic hydroxyl groups excluding tert-OH is 1. The van der Waals surface area contributed by atoms with Gasteiger partial charge in [-0.1, -0.05) is 48.5 Å². The van der Waals surface area contributed by atoms with Gasteiger partial charge in [-0.25, -0.2) is 14.1 Å². The van der Waals surface area contributed by atoms with Crippen LogP contribution >= 0.6 is 7.75 Å². The van der Waals surface area contributed by atoms with Gasteiger partial charge in [-0.3, -0.25) is 9.32 Å². The van der Waals surface area contributed by atoms with Gasteiger partial charge in [0.05, 0.1) is 25.0 Å². The summed E-state index contributed by atoms with van der Waals surface area (Å²) in [7, 11) is -4.28. The van der Waals surface area contributed by atoms with Crippen molar-refractivity contribution < 1.29 is 33.0 Å². The molecule has 4 aromatic rings. The lowest BCUT2D eigenvalue weighted by Gasteiger charge is -2.26. The average Bonchev–Trinajstić information content (AvgIpc) is 3.59. The highest BCUT2D eigenvalue weighted by atomic mass is 31.2. The SMILES string of the molecule is CCOC(=O)[C@H](Cc1ccccc1)NP(=O)(OC[C@@H]1C[C@@H](O)[C@](C#N)(c2ccc3c(N)ncnn23)O1)Oc1ccccc1. The number of aromatic nitrogens is 3. The highest BCUT2D eigenvalue weighted by Gasteiger charge is 2.52. The fraction of sp³-hybridized carbons (Fsp3) is 0.310. The fourth-order valence-corrected chi connectivity index (χ4v) is 6.41. The minimum atomic E-state index is -4.28. The van der Waals surface area contributed by atoms with Crippen molar-refractivity contribution in [3.8, 4) is 11.8 Å². The van der Waals surface area contributed by atoms with E-state index in [1.54, 1.807) is 49.4 Å². The van der Waals surface area contributed by atoms with E-state index in [9.17, 15) is 19.7 Å². The number of benzene rings is 2. The van der Waals surface area contributed by atoms with Crippen LogP contribution in [0.1, 0.15) is 24.6 Å². The lowest BCUT2D eigenvalue weighted by atomic mass is 9.94. The van der Waals surface area contributed by atoms with Gasteiger partial charge in [0.2, 0.25) is 5.60 Å². The lowest BCUT2D eigenvalue weighted by Crippen LogP contribution is -2.40. The first-order valence-corrected chi connectivity index (χ1v) is 15.1. The van der Waals surface area contributed by atoms with E-state index in [0.29, 0.717) is 5.52 Å². The number of aliphatic hydroxyl groups is 1. The Bertz CT molecular complexity index is 1650. The molecule has 1 aliphatic heterocycles. The van der Waals surface area contributed by atoms with E-state index in [1.807, 2.05) is 30.3 Å². The minimum absolute atomic E-state index is 0.0297. The standard InChI is InChI=1S/C29H31N6O7P/c1-2-39-28(37)23(15-20-9-5-3-6-10-20)34-43(38,42-21-11-7-4-8-12-21)40-17-22-16-26(36)29(18-30,41-22)25-14-13-24-27(31)32-19-33-35(24)25/h3-14,19,22-23,26,36H,2,15-17H2,1H3,(H,34,38)(H2,31,32,33)/t22-,23-,26+,29-,43?/m0/s1. The van der Waals surface area contributed by atoms with E-state index >= 15 is 0 Å². The van der Waals surface area contributed by atoms with Crippen LogP contribution in [-0.2, 0) is 35.4 Å². The van der Waals surface area contributed by atoms with Gasteiger partial charge in [-0.15, -0.1) is 0 Å². The van der Waals surface area contributed by atoms with E-state index < -0.39 is 37.6 Å². The second-order valence-corrected chi connectivity index (χ2v) is 11.5. The molecule has 13 nitrogen and oxygen atoms in total. The minimum Gasteiger partial charge on any atom is -0.465 e. The molecule has 0 aliphatic carbocycles. The van der Waals surface area contributed by atoms with Gasteiger partial charge in [0.15, 0.2) is 5.82 Å². The van der Waals surface area contributed by atoms with E-state index in [4.69, 9.17) is 24.3 Å². The van der Waals surface area contributed by atoms with E-state index in [0.717, 1.165) is 5.56 Å². The molecule has 1 unspecified atom stereocenters. The summed E-state index contributed by atoms with van der Waals surface area (Å²) in [5, 5.41) is 28.2. The van der Waals surface area contributed by atoms with Crippen LogP contribution in [-0.4, -0.2) is 57.1 Å². The van der Waals surface area contributed by atoms with Crippen molar-refractivity contribution in [2.45, 2.75) is 43.6 Å². The van der Waals surface area contributed by atoms with Gasteiger partial charge in [-0.2, -0.15) is 15.4 Å². The third kappa shape index (κ3) is 6.54. The van der Waals surface area contributed by atoms with Crippen LogP contribution in [0.2, 0.25) is 0 Å². The van der Waals surface area contributed by atoms with Crippen molar-refractivity contribution in [3.05, 3.63) is 90.4 Å². The first-order valence-electron chi connectivity index (χ1n) is 13.6. The summed E-state index contributed by atoms with van der Waals surface area (Å²) in [5.41, 5.74) is 5.61. The number of nitrogens with zero attached hydrogens (tertiary/aromatic N) is 4. The largest absolute Gasteiger partial charge is 0.465 e. The summed E-state index contributed by atoms with van der Waals surface area (Å²) < 4.78 is 38.6. The number of anilines is 1. The van der Waals surface area contributed by atoms with Crippen molar-refractivity contribution in [1.82, 2.24) is 19.7 Å². The van der Waals surface area contributed by atoms with Gasteiger partial charge in [0, 0.05) is 6.42 Å². The number of rotatable bonds is 12. The van der Waals surface area contributed by atoms with Crippen molar-refractivity contribution in [3.63, 3.8) is 0 Å². The summed E-state index contributed by atoms with van der Waals surface area (Å²) in [6, 6.07) is 21.7. The highest BCUT2D eigenvalue weighted by Crippen LogP contribution is 2.47. The lowest BCUT2D eigenvalue weighted by molar-refractivity contribution is -0.145. The molecule has 3 heterocycles. The summed E-state index contributed by atoms with van der Waals surface area (Å²) in [6.07, 6.45) is -0.819. The third-order valence-corrected chi connectivity index (χ3v) is 8.47. The Morgan fingerprint density at radius 1 is 1.23 bits per heavy atom. The molecule has 224 valence electrons. The Morgan fingerprint density at radius 2 is 1.95 bits per heavy atom. The zero-order chi connectivity index (χ0) is 30.5. The molecule has 2 aromatic heterocycles. The Balaban J connectivity index is 1.39. The zero-order valence-corrected chi connectivity index (χ0v) is 24.2. The molecule has 14 heteroatoms. The molecule has 2 aromatic carbocycles. The number of hydrogen-bond donors (Lipinski definition) is 3. The molecule has 1 aliphatic rings. The molecule has 0 radical (unpaired) electrons.